The number of aromatic nitrogens is 2. The monoisotopic (exact) mass is 305 g/mol. The molecule has 5 heteroatoms. The zero-order chi connectivity index (χ0) is 12.7. The highest BCUT2D eigenvalue weighted by Gasteiger charge is 2.20. The standard InChI is InChI=1S/C13H12BrN3O/c1-17-13(10(14)6-16-17)12(15)9-7-18-11-5-3-2-4-8(9)11/h2-7,12H,15H2,1H3. The first-order chi connectivity index (χ1) is 8.68. The summed E-state index contributed by atoms with van der Waals surface area (Å²) >= 11 is 3.47. The minimum atomic E-state index is -0.268. The number of nitrogens with zero attached hydrogens (tertiary/aromatic N) is 2. The Morgan fingerprint density at radius 3 is 2.89 bits per heavy atom. The molecule has 2 N–H and O–H groups in total. The predicted octanol–water partition coefficient (Wildman–Crippen LogP) is 2.98. The number of rotatable bonds is 2. The molecule has 0 saturated carbocycles. The first-order valence-electron chi connectivity index (χ1n) is 5.57. The van der Waals surface area contributed by atoms with Crippen LogP contribution < -0.4 is 5.73 Å². The number of hydrogen-bond acceptors (Lipinski definition) is 3. The Hall–Kier alpha value is -1.59. The van der Waals surface area contributed by atoms with E-state index in [0.717, 1.165) is 26.7 Å². The Morgan fingerprint density at radius 2 is 2.17 bits per heavy atom. The minimum absolute atomic E-state index is 0.268. The molecule has 0 amide bonds. The average molecular weight is 306 g/mol. The lowest BCUT2D eigenvalue weighted by Crippen LogP contribution is -2.16. The molecule has 4 nitrogen and oxygen atoms in total. The van der Waals surface area contributed by atoms with Crippen molar-refractivity contribution in [3.8, 4) is 0 Å². The van der Waals surface area contributed by atoms with Crippen molar-refractivity contribution < 1.29 is 4.42 Å². The van der Waals surface area contributed by atoms with Crippen LogP contribution in [0.4, 0.5) is 0 Å². The van der Waals surface area contributed by atoms with E-state index in [1.54, 1.807) is 17.1 Å². The molecular weight excluding hydrogens is 294 g/mol. The molecule has 0 bridgehead atoms. The maximum absolute atomic E-state index is 6.32. The van der Waals surface area contributed by atoms with Gasteiger partial charge in [-0.25, -0.2) is 0 Å². The van der Waals surface area contributed by atoms with Crippen molar-refractivity contribution in [1.29, 1.82) is 0 Å². The molecule has 0 aliphatic carbocycles. The molecule has 18 heavy (non-hydrogen) atoms. The zero-order valence-electron chi connectivity index (χ0n) is 9.80. The number of hydrogen-bond donors (Lipinski definition) is 1. The van der Waals surface area contributed by atoms with Gasteiger partial charge in [0.1, 0.15) is 5.58 Å². The summed E-state index contributed by atoms with van der Waals surface area (Å²) in [5, 5.41) is 5.23. The molecule has 3 rings (SSSR count). The van der Waals surface area contributed by atoms with Crippen LogP contribution in [0.3, 0.4) is 0 Å². The molecule has 0 saturated heterocycles. The Bertz CT molecular complexity index is 682. The van der Waals surface area contributed by atoms with Crippen LogP contribution in [0.15, 0.2) is 45.6 Å². The predicted molar refractivity (Wildman–Crippen MR) is 73.2 cm³/mol. The first kappa shape index (κ1) is 11.5. The molecule has 0 radical (unpaired) electrons. The number of fused-ring (bicyclic) bond motifs is 1. The van der Waals surface area contributed by atoms with Gasteiger partial charge in [-0.1, -0.05) is 18.2 Å². The Labute approximate surface area is 113 Å². The van der Waals surface area contributed by atoms with Crippen LogP contribution in [0.5, 0.6) is 0 Å². The van der Waals surface area contributed by atoms with Crippen LogP contribution in [-0.2, 0) is 7.05 Å². The molecular formula is C13H12BrN3O. The fraction of sp³-hybridized carbons (Fsp3) is 0.154. The summed E-state index contributed by atoms with van der Waals surface area (Å²) in [5.74, 6) is 0. The SMILES string of the molecule is Cn1ncc(Br)c1C(N)c1coc2ccccc12. The number of furan rings is 1. The maximum atomic E-state index is 6.32. The summed E-state index contributed by atoms with van der Waals surface area (Å²) in [6.07, 6.45) is 3.46. The largest absolute Gasteiger partial charge is 0.464 e. The summed E-state index contributed by atoms with van der Waals surface area (Å²) in [7, 11) is 1.88. The third kappa shape index (κ3) is 1.67. The Kier molecular flexibility index (Phi) is 2.72. The van der Waals surface area contributed by atoms with Crippen molar-refractivity contribution in [2.75, 3.05) is 0 Å². The van der Waals surface area contributed by atoms with Gasteiger partial charge in [0.2, 0.25) is 0 Å². The van der Waals surface area contributed by atoms with Crippen LogP contribution in [0.1, 0.15) is 17.3 Å². The fourth-order valence-electron chi connectivity index (χ4n) is 2.16. The van der Waals surface area contributed by atoms with Crippen molar-refractivity contribution in [2.24, 2.45) is 12.8 Å². The second kappa shape index (κ2) is 4.26. The average Bonchev–Trinajstić information content (AvgIpc) is 2.93. The lowest BCUT2D eigenvalue weighted by molar-refractivity contribution is 0.601. The highest BCUT2D eigenvalue weighted by Crippen LogP contribution is 2.31. The van der Waals surface area contributed by atoms with Crippen LogP contribution in [0, 0.1) is 0 Å². The molecule has 3 aromatic rings. The van der Waals surface area contributed by atoms with Gasteiger partial charge < -0.3 is 10.2 Å². The molecule has 2 aromatic heterocycles. The van der Waals surface area contributed by atoms with Gasteiger partial charge in [-0.05, 0) is 22.0 Å². The number of nitrogens with two attached hydrogens (primary N) is 1. The number of aryl methyl sites for hydroxylation is 1. The van der Waals surface area contributed by atoms with Gasteiger partial charge in [0.15, 0.2) is 0 Å². The van der Waals surface area contributed by atoms with E-state index in [9.17, 15) is 0 Å². The lowest BCUT2D eigenvalue weighted by Gasteiger charge is -2.11. The fourth-order valence-corrected chi connectivity index (χ4v) is 2.75. The molecule has 2 heterocycles. The summed E-state index contributed by atoms with van der Waals surface area (Å²) < 4.78 is 8.20. The molecule has 1 unspecified atom stereocenters. The van der Waals surface area contributed by atoms with Gasteiger partial charge in [-0.15, -0.1) is 0 Å². The van der Waals surface area contributed by atoms with Gasteiger partial charge in [0.05, 0.1) is 28.7 Å². The molecule has 0 aliphatic heterocycles. The van der Waals surface area contributed by atoms with Crippen molar-refractivity contribution in [1.82, 2.24) is 9.78 Å². The number of halogens is 1. The van der Waals surface area contributed by atoms with Gasteiger partial charge in [-0.2, -0.15) is 5.10 Å². The zero-order valence-corrected chi connectivity index (χ0v) is 11.4. The number of benzene rings is 1. The van der Waals surface area contributed by atoms with Crippen molar-refractivity contribution >= 4 is 26.9 Å². The van der Waals surface area contributed by atoms with Crippen molar-refractivity contribution in [3.05, 3.63) is 52.5 Å². The summed E-state index contributed by atoms with van der Waals surface area (Å²) in [6.45, 7) is 0. The van der Waals surface area contributed by atoms with E-state index in [0.29, 0.717) is 0 Å². The van der Waals surface area contributed by atoms with Gasteiger partial charge >= 0.3 is 0 Å². The Balaban J connectivity index is 2.15. The van der Waals surface area contributed by atoms with E-state index >= 15 is 0 Å². The van der Waals surface area contributed by atoms with E-state index in [-0.39, 0.29) is 6.04 Å². The van der Waals surface area contributed by atoms with Crippen molar-refractivity contribution in [2.45, 2.75) is 6.04 Å². The molecule has 0 fully saturated rings. The molecule has 0 spiro atoms. The third-order valence-corrected chi connectivity index (χ3v) is 3.69. The lowest BCUT2D eigenvalue weighted by atomic mass is 10.0. The van der Waals surface area contributed by atoms with E-state index < -0.39 is 0 Å². The third-order valence-electron chi connectivity index (χ3n) is 3.08. The van der Waals surface area contributed by atoms with Gasteiger partial charge in [-0.3, -0.25) is 4.68 Å². The highest BCUT2D eigenvalue weighted by molar-refractivity contribution is 9.10. The van der Waals surface area contributed by atoms with E-state index in [1.165, 1.54) is 0 Å². The van der Waals surface area contributed by atoms with E-state index in [2.05, 4.69) is 21.0 Å². The van der Waals surface area contributed by atoms with Crippen LogP contribution in [0.25, 0.3) is 11.0 Å². The molecule has 0 aliphatic rings. The van der Waals surface area contributed by atoms with Crippen LogP contribution in [0.2, 0.25) is 0 Å². The Morgan fingerprint density at radius 1 is 1.39 bits per heavy atom. The van der Waals surface area contributed by atoms with Crippen LogP contribution >= 0.6 is 15.9 Å². The summed E-state index contributed by atoms with van der Waals surface area (Å²) in [6, 6.07) is 7.60. The second-order valence-corrected chi connectivity index (χ2v) is 5.02. The second-order valence-electron chi connectivity index (χ2n) is 4.17. The minimum Gasteiger partial charge on any atom is -0.464 e. The quantitative estimate of drug-likeness (QED) is 0.792. The number of para-hydroxylation sites is 1. The normalized spacial score (nSPS) is 13.1. The summed E-state index contributed by atoms with van der Waals surface area (Å²) in [4.78, 5) is 0. The van der Waals surface area contributed by atoms with Gasteiger partial charge in [0.25, 0.3) is 0 Å². The van der Waals surface area contributed by atoms with Crippen LogP contribution in [-0.4, -0.2) is 9.78 Å². The molecule has 1 aromatic carbocycles. The maximum Gasteiger partial charge on any atom is 0.134 e. The highest BCUT2D eigenvalue weighted by atomic mass is 79.9. The first-order valence-corrected chi connectivity index (χ1v) is 6.37. The van der Waals surface area contributed by atoms with E-state index in [4.69, 9.17) is 10.2 Å². The molecule has 1 atom stereocenters. The molecule has 92 valence electrons. The van der Waals surface area contributed by atoms with Crippen molar-refractivity contribution in [3.63, 3.8) is 0 Å². The summed E-state index contributed by atoms with van der Waals surface area (Å²) in [5.41, 5.74) is 9.07. The smallest absolute Gasteiger partial charge is 0.134 e. The van der Waals surface area contributed by atoms with E-state index in [1.807, 2.05) is 31.3 Å². The topological polar surface area (TPSA) is 57.0 Å². The van der Waals surface area contributed by atoms with Gasteiger partial charge in [0, 0.05) is 18.0 Å².